The van der Waals surface area contributed by atoms with Crippen LogP contribution in [0.3, 0.4) is 0 Å². The second-order valence-electron chi connectivity index (χ2n) is 3.52. The maximum Gasteiger partial charge on any atom is 0.475 e. The number of halogens is 3. The van der Waals surface area contributed by atoms with Crippen LogP contribution in [0.2, 0.25) is 0 Å². The van der Waals surface area contributed by atoms with Crippen molar-refractivity contribution < 1.29 is 26.9 Å². The molecule has 0 bridgehead atoms. The number of thiophene rings is 1. The molecule has 0 amide bonds. The van der Waals surface area contributed by atoms with Gasteiger partial charge in [0, 0.05) is 9.60 Å². The summed E-state index contributed by atoms with van der Waals surface area (Å²) in [5.41, 5.74) is -4.80. The summed E-state index contributed by atoms with van der Waals surface area (Å²) >= 11 is 1.10. The highest BCUT2D eigenvalue weighted by atomic mass is 32.2. The highest BCUT2D eigenvalue weighted by Crippen LogP contribution is 2.31. The minimum atomic E-state index is -4.80. The zero-order valence-electron chi connectivity index (χ0n) is 9.48. The molecule has 0 radical (unpaired) electrons. The SMILES string of the molecule is COC(=O)c1cc2cc(S(=O)C(F)(F)F)ccc2s1. The largest absolute Gasteiger partial charge is 0.475 e. The number of carbonyl (C=O) groups excluding carboxylic acids is 1. The zero-order valence-corrected chi connectivity index (χ0v) is 11.1. The summed E-state index contributed by atoms with van der Waals surface area (Å²) in [6.45, 7) is 0. The molecule has 1 aromatic heterocycles. The Morgan fingerprint density at radius 1 is 1.32 bits per heavy atom. The van der Waals surface area contributed by atoms with E-state index in [9.17, 15) is 22.2 Å². The van der Waals surface area contributed by atoms with Crippen LogP contribution in [0.5, 0.6) is 0 Å². The number of carbonyl (C=O) groups is 1. The highest BCUT2D eigenvalue weighted by Gasteiger charge is 2.38. The van der Waals surface area contributed by atoms with Gasteiger partial charge in [0.2, 0.25) is 0 Å². The van der Waals surface area contributed by atoms with Crippen LogP contribution in [-0.2, 0) is 15.5 Å². The van der Waals surface area contributed by atoms with Crippen molar-refractivity contribution in [2.45, 2.75) is 10.4 Å². The van der Waals surface area contributed by atoms with Crippen LogP contribution in [0, 0.1) is 0 Å². The van der Waals surface area contributed by atoms with Gasteiger partial charge in [-0.15, -0.1) is 11.3 Å². The summed E-state index contributed by atoms with van der Waals surface area (Å²) in [6, 6.07) is 5.14. The molecular weight excluding hydrogens is 301 g/mol. The van der Waals surface area contributed by atoms with E-state index in [-0.39, 0.29) is 9.77 Å². The molecule has 0 aliphatic heterocycles. The third-order valence-electron chi connectivity index (χ3n) is 2.30. The van der Waals surface area contributed by atoms with E-state index >= 15 is 0 Å². The molecule has 0 aliphatic carbocycles. The molecule has 0 N–H and O–H groups in total. The van der Waals surface area contributed by atoms with Crippen molar-refractivity contribution in [1.82, 2.24) is 0 Å². The molecule has 0 aliphatic rings. The zero-order chi connectivity index (χ0) is 14.2. The van der Waals surface area contributed by atoms with Gasteiger partial charge < -0.3 is 4.74 Å². The minimum Gasteiger partial charge on any atom is -0.465 e. The maximum atomic E-state index is 12.4. The summed E-state index contributed by atoms with van der Waals surface area (Å²) in [5.74, 6) is -0.556. The first-order valence-electron chi connectivity index (χ1n) is 4.93. The van der Waals surface area contributed by atoms with Crippen LogP contribution in [-0.4, -0.2) is 22.8 Å². The fourth-order valence-electron chi connectivity index (χ4n) is 1.47. The second kappa shape index (κ2) is 4.93. The molecule has 1 heterocycles. The molecule has 0 saturated carbocycles. The lowest BCUT2D eigenvalue weighted by Gasteiger charge is -2.05. The van der Waals surface area contributed by atoms with E-state index in [4.69, 9.17) is 0 Å². The van der Waals surface area contributed by atoms with Crippen LogP contribution < -0.4 is 0 Å². The van der Waals surface area contributed by atoms with Gasteiger partial charge >= 0.3 is 11.5 Å². The number of alkyl halides is 3. The molecule has 2 aromatic rings. The third kappa shape index (κ3) is 2.79. The molecule has 3 nitrogen and oxygen atoms in total. The number of hydrogen-bond acceptors (Lipinski definition) is 4. The van der Waals surface area contributed by atoms with Gasteiger partial charge in [0.05, 0.1) is 7.11 Å². The van der Waals surface area contributed by atoms with E-state index < -0.39 is 22.3 Å². The van der Waals surface area contributed by atoms with Gasteiger partial charge in [-0.2, -0.15) is 13.2 Å². The molecule has 102 valence electrons. The fourth-order valence-corrected chi connectivity index (χ4v) is 3.13. The van der Waals surface area contributed by atoms with Gasteiger partial charge in [-0.3, -0.25) is 0 Å². The molecule has 0 spiro atoms. The van der Waals surface area contributed by atoms with Crippen LogP contribution in [0.1, 0.15) is 9.67 Å². The Balaban J connectivity index is 2.47. The van der Waals surface area contributed by atoms with Crippen molar-refractivity contribution in [3.63, 3.8) is 0 Å². The fraction of sp³-hybridized carbons (Fsp3) is 0.182. The third-order valence-corrected chi connectivity index (χ3v) is 4.50. The molecule has 1 unspecified atom stereocenters. The Bertz CT molecular complexity index is 661. The molecule has 8 heteroatoms. The van der Waals surface area contributed by atoms with E-state index in [0.717, 1.165) is 17.4 Å². The van der Waals surface area contributed by atoms with Crippen LogP contribution in [0.15, 0.2) is 29.2 Å². The Labute approximate surface area is 112 Å². The number of benzene rings is 1. The topological polar surface area (TPSA) is 43.4 Å². The quantitative estimate of drug-likeness (QED) is 0.799. The number of fused-ring (bicyclic) bond motifs is 1. The smallest absolute Gasteiger partial charge is 0.465 e. The van der Waals surface area contributed by atoms with Gasteiger partial charge in [-0.05, 0) is 29.7 Å². The summed E-state index contributed by atoms with van der Waals surface area (Å²) in [5, 5.41) is 0.431. The van der Waals surface area contributed by atoms with E-state index in [0.29, 0.717) is 10.1 Å². The predicted molar refractivity (Wildman–Crippen MR) is 65.6 cm³/mol. The standard InChI is InChI=1S/C11H7F3O3S2/c1-17-10(15)9-5-6-4-7(2-3-8(6)18-9)19(16)11(12,13)14/h2-5H,1H3. The van der Waals surface area contributed by atoms with E-state index in [1.807, 2.05) is 0 Å². The van der Waals surface area contributed by atoms with Crippen LogP contribution >= 0.6 is 11.3 Å². The lowest BCUT2D eigenvalue weighted by atomic mass is 10.2. The summed E-state index contributed by atoms with van der Waals surface area (Å²) in [7, 11) is -1.85. The molecule has 0 fully saturated rings. The molecule has 1 aromatic carbocycles. The molecule has 19 heavy (non-hydrogen) atoms. The minimum absolute atomic E-state index is 0.285. The van der Waals surface area contributed by atoms with Crippen molar-refractivity contribution >= 4 is 38.2 Å². The second-order valence-corrected chi connectivity index (χ2v) is 6.07. The number of methoxy groups -OCH3 is 1. The molecule has 2 rings (SSSR count). The molecule has 1 atom stereocenters. The Morgan fingerprint density at radius 2 is 2.00 bits per heavy atom. The number of esters is 1. The Hall–Kier alpha value is -1.41. The summed E-state index contributed by atoms with van der Waals surface area (Å²) < 4.78 is 53.4. The maximum absolute atomic E-state index is 12.4. The highest BCUT2D eigenvalue weighted by molar-refractivity contribution is 7.86. The van der Waals surface area contributed by atoms with Gasteiger partial charge in [0.25, 0.3) is 0 Å². The number of rotatable bonds is 2. The molecule has 0 saturated heterocycles. The van der Waals surface area contributed by atoms with Crippen molar-refractivity contribution in [2.75, 3.05) is 7.11 Å². The first-order valence-corrected chi connectivity index (χ1v) is 6.90. The van der Waals surface area contributed by atoms with Crippen molar-refractivity contribution in [3.05, 3.63) is 29.1 Å². The monoisotopic (exact) mass is 308 g/mol. The van der Waals surface area contributed by atoms with Crippen molar-refractivity contribution in [1.29, 1.82) is 0 Å². The van der Waals surface area contributed by atoms with Crippen LogP contribution in [0.4, 0.5) is 13.2 Å². The van der Waals surface area contributed by atoms with Gasteiger partial charge in [-0.1, -0.05) is 0 Å². The van der Waals surface area contributed by atoms with Crippen LogP contribution in [0.25, 0.3) is 10.1 Å². The normalized spacial score (nSPS) is 13.5. The van der Waals surface area contributed by atoms with E-state index in [1.54, 1.807) is 0 Å². The Morgan fingerprint density at radius 3 is 2.58 bits per heavy atom. The number of hydrogen-bond donors (Lipinski definition) is 0. The Kier molecular flexibility index (Phi) is 3.64. The van der Waals surface area contributed by atoms with Gasteiger partial charge in [-0.25, -0.2) is 9.00 Å². The lowest BCUT2D eigenvalue weighted by molar-refractivity contribution is -0.0384. The van der Waals surface area contributed by atoms with Crippen molar-refractivity contribution in [2.24, 2.45) is 0 Å². The first-order chi connectivity index (χ1) is 8.82. The summed E-state index contributed by atoms with van der Waals surface area (Å²) in [6.07, 6.45) is 0. The van der Waals surface area contributed by atoms with Gasteiger partial charge in [0.15, 0.2) is 10.8 Å². The first kappa shape index (κ1) is 14.0. The molecular formula is C11H7F3O3S2. The average molecular weight is 308 g/mol. The van der Waals surface area contributed by atoms with Crippen molar-refractivity contribution in [3.8, 4) is 0 Å². The average Bonchev–Trinajstić information content (AvgIpc) is 2.78. The van der Waals surface area contributed by atoms with Gasteiger partial charge in [0.1, 0.15) is 4.88 Å². The van der Waals surface area contributed by atoms with E-state index in [2.05, 4.69) is 4.74 Å². The summed E-state index contributed by atoms with van der Waals surface area (Å²) in [4.78, 5) is 11.3. The predicted octanol–water partition coefficient (Wildman–Crippen LogP) is 3.32. The van der Waals surface area contributed by atoms with E-state index in [1.165, 1.54) is 25.3 Å². The number of ether oxygens (including phenoxy) is 1. The lowest BCUT2D eigenvalue weighted by Crippen LogP contribution is -2.15.